The Bertz CT molecular complexity index is 535. The van der Waals surface area contributed by atoms with Crippen molar-refractivity contribution in [3.8, 4) is 11.1 Å². The second-order valence-corrected chi connectivity index (χ2v) is 3.71. The van der Waals surface area contributed by atoms with Crippen molar-refractivity contribution >= 4 is 5.97 Å². The van der Waals surface area contributed by atoms with Crippen LogP contribution in [0.3, 0.4) is 0 Å². The Morgan fingerprint density at radius 3 is 2.59 bits per heavy atom. The number of ether oxygens (including phenoxy) is 1. The summed E-state index contributed by atoms with van der Waals surface area (Å²) in [6.45, 7) is 1.92. The molecule has 86 valence electrons. The number of benzene rings is 1. The molecular formula is C14H13NO2. The normalized spacial score (nSPS) is 10.0. The number of nitrogens with zero attached hydrogens (tertiary/aromatic N) is 1. The standard InChI is InChI=1S/C14H13NO2/c1-10-13(11-6-4-3-5-7-11)8-12(9-15-10)14(16)17-2/h3-9H,1-2H3. The first-order valence-electron chi connectivity index (χ1n) is 5.33. The van der Waals surface area contributed by atoms with E-state index in [0.29, 0.717) is 5.56 Å². The van der Waals surface area contributed by atoms with Crippen molar-refractivity contribution in [3.63, 3.8) is 0 Å². The first kappa shape index (κ1) is 11.3. The topological polar surface area (TPSA) is 39.2 Å². The van der Waals surface area contributed by atoms with E-state index in [-0.39, 0.29) is 5.97 Å². The van der Waals surface area contributed by atoms with Gasteiger partial charge in [-0.05, 0) is 18.6 Å². The van der Waals surface area contributed by atoms with Crippen LogP contribution in [0.4, 0.5) is 0 Å². The summed E-state index contributed by atoms with van der Waals surface area (Å²) in [7, 11) is 1.37. The first-order chi connectivity index (χ1) is 8.22. The van der Waals surface area contributed by atoms with E-state index in [2.05, 4.69) is 9.72 Å². The second-order valence-electron chi connectivity index (χ2n) is 3.71. The Morgan fingerprint density at radius 1 is 1.24 bits per heavy atom. The first-order valence-corrected chi connectivity index (χ1v) is 5.33. The molecule has 0 spiro atoms. The molecule has 2 rings (SSSR count). The molecule has 0 atom stereocenters. The summed E-state index contributed by atoms with van der Waals surface area (Å²) in [6, 6.07) is 11.7. The molecule has 1 aromatic heterocycles. The zero-order valence-corrected chi connectivity index (χ0v) is 9.81. The maximum Gasteiger partial charge on any atom is 0.339 e. The molecule has 0 radical (unpaired) electrons. The third-order valence-corrected chi connectivity index (χ3v) is 2.59. The number of rotatable bonds is 2. The summed E-state index contributed by atoms with van der Waals surface area (Å²) >= 11 is 0. The zero-order chi connectivity index (χ0) is 12.3. The summed E-state index contributed by atoms with van der Waals surface area (Å²) in [5, 5.41) is 0. The summed E-state index contributed by atoms with van der Waals surface area (Å²) in [4.78, 5) is 15.7. The molecule has 3 heteroatoms. The van der Waals surface area contributed by atoms with Gasteiger partial charge in [0.15, 0.2) is 0 Å². The lowest BCUT2D eigenvalue weighted by Gasteiger charge is -2.07. The molecule has 0 aliphatic heterocycles. The molecule has 0 saturated carbocycles. The molecular weight excluding hydrogens is 214 g/mol. The number of esters is 1. The largest absolute Gasteiger partial charge is 0.465 e. The molecule has 1 aromatic carbocycles. The molecule has 0 bridgehead atoms. The number of methoxy groups -OCH3 is 1. The Hall–Kier alpha value is -2.16. The molecule has 0 amide bonds. The van der Waals surface area contributed by atoms with Crippen molar-refractivity contribution in [1.29, 1.82) is 0 Å². The Kier molecular flexibility index (Phi) is 3.19. The van der Waals surface area contributed by atoms with Gasteiger partial charge in [-0.2, -0.15) is 0 Å². The van der Waals surface area contributed by atoms with Crippen LogP contribution < -0.4 is 0 Å². The summed E-state index contributed by atoms with van der Waals surface area (Å²) in [5.41, 5.74) is 3.36. The van der Waals surface area contributed by atoms with Crippen LogP contribution in [0, 0.1) is 6.92 Å². The number of hydrogen-bond acceptors (Lipinski definition) is 3. The fourth-order valence-electron chi connectivity index (χ4n) is 1.67. The fourth-order valence-corrected chi connectivity index (χ4v) is 1.67. The van der Waals surface area contributed by atoms with Gasteiger partial charge in [-0.1, -0.05) is 30.3 Å². The Labute approximate surface area is 100 Å². The SMILES string of the molecule is COC(=O)c1cnc(C)c(-c2ccccc2)c1. The minimum atomic E-state index is -0.366. The molecule has 2 aromatic rings. The number of carbonyl (C=O) groups excluding carboxylic acids is 1. The van der Waals surface area contributed by atoms with Crippen LogP contribution in [0.5, 0.6) is 0 Å². The third-order valence-electron chi connectivity index (χ3n) is 2.59. The van der Waals surface area contributed by atoms with E-state index in [1.54, 1.807) is 0 Å². The summed E-state index contributed by atoms with van der Waals surface area (Å²) < 4.78 is 4.69. The van der Waals surface area contributed by atoms with E-state index in [0.717, 1.165) is 16.8 Å². The highest BCUT2D eigenvalue weighted by Gasteiger charge is 2.10. The van der Waals surface area contributed by atoms with Crippen LogP contribution in [0.25, 0.3) is 11.1 Å². The lowest BCUT2D eigenvalue weighted by molar-refractivity contribution is 0.0600. The maximum absolute atomic E-state index is 11.4. The van der Waals surface area contributed by atoms with Gasteiger partial charge in [0, 0.05) is 17.5 Å². The van der Waals surface area contributed by atoms with Crippen molar-refractivity contribution in [3.05, 3.63) is 53.9 Å². The van der Waals surface area contributed by atoms with Crippen molar-refractivity contribution in [2.45, 2.75) is 6.92 Å². The van der Waals surface area contributed by atoms with E-state index in [1.165, 1.54) is 13.3 Å². The van der Waals surface area contributed by atoms with Crippen molar-refractivity contribution in [1.82, 2.24) is 4.98 Å². The second kappa shape index (κ2) is 4.78. The Balaban J connectivity index is 2.50. The van der Waals surface area contributed by atoms with Crippen molar-refractivity contribution < 1.29 is 9.53 Å². The highest BCUT2D eigenvalue weighted by Crippen LogP contribution is 2.22. The molecule has 0 N–H and O–H groups in total. The average Bonchev–Trinajstić information content (AvgIpc) is 2.39. The molecule has 0 aliphatic carbocycles. The summed E-state index contributed by atoms with van der Waals surface area (Å²) in [5.74, 6) is -0.366. The van der Waals surface area contributed by atoms with Gasteiger partial charge in [-0.15, -0.1) is 0 Å². The van der Waals surface area contributed by atoms with Gasteiger partial charge in [0.2, 0.25) is 0 Å². The number of hydrogen-bond donors (Lipinski definition) is 0. The van der Waals surface area contributed by atoms with Gasteiger partial charge in [-0.25, -0.2) is 4.79 Å². The smallest absolute Gasteiger partial charge is 0.339 e. The quantitative estimate of drug-likeness (QED) is 0.740. The summed E-state index contributed by atoms with van der Waals surface area (Å²) in [6.07, 6.45) is 1.54. The molecule has 3 nitrogen and oxygen atoms in total. The lowest BCUT2D eigenvalue weighted by atomic mass is 10.0. The molecule has 0 fully saturated rings. The number of aryl methyl sites for hydroxylation is 1. The van der Waals surface area contributed by atoms with E-state index in [1.807, 2.05) is 43.3 Å². The van der Waals surface area contributed by atoms with Gasteiger partial charge >= 0.3 is 5.97 Å². The minimum Gasteiger partial charge on any atom is -0.465 e. The van der Waals surface area contributed by atoms with Crippen LogP contribution >= 0.6 is 0 Å². The van der Waals surface area contributed by atoms with Gasteiger partial charge in [-0.3, -0.25) is 4.98 Å². The monoisotopic (exact) mass is 227 g/mol. The zero-order valence-electron chi connectivity index (χ0n) is 9.81. The van der Waals surface area contributed by atoms with Crippen LogP contribution in [0.2, 0.25) is 0 Å². The molecule has 0 saturated heterocycles. The molecule has 1 heterocycles. The van der Waals surface area contributed by atoms with E-state index in [9.17, 15) is 4.79 Å². The van der Waals surface area contributed by atoms with Crippen LogP contribution in [0.1, 0.15) is 16.1 Å². The predicted molar refractivity (Wildman–Crippen MR) is 65.7 cm³/mol. The lowest BCUT2D eigenvalue weighted by Crippen LogP contribution is -2.03. The van der Waals surface area contributed by atoms with Crippen molar-refractivity contribution in [2.24, 2.45) is 0 Å². The highest BCUT2D eigenvalue weighted by molar-refractivity contribution is 5.90. The van der Waals surface area contributed by atoms with Gasteiger partial charge in [0.25, 0.3) is 0 Å². The maximum atomic E-state index is 11.4. The molecule has 0 aliphatic rings. The number of carbonyl (C=O) groups is 1. The predicted octanol–water partition coefficient (Wildman–Crippen LogP) is 2.84. The van der Waals surface area contributed by atoms with E-state index in [4.69, 9.17) is 0 Å². The Morgan fingerprint density at radius 2 is 1.94 bits per heavy atom. The van der Waals surface area contributed by atoms with Crippen molar-refractivity contribution in [2.75, 3.05) is 7.11 Å². The van der Waals surface area contributed by atoms with Gasteiger partial charge < -0.3 is 4.74 Å². The fraction of sp³-hybridized carbons (Fsp3) is 0.143. The van der Waals surface area contributed by atoms with Crippen LogP contribution in [-0.4, -0.2) is 18.1 Å². The van der Waals surface area contributed by atoms with Crippen LogP contribution in [0.15, 0.2) is 42.6 Å². The van der Waals surface area contributed by atoms with Crippen LogP contribution in [-0.2, 0) is 4.74 Å². The van der Waals surface area contributed by atoms with Gasteiger partial charge in [0.05, 0.1) is 12.7 Å². The average molecular weight is 227 g/mol. The molecule has 0 unspecified atom stereocenters. The van der Waals surface area contributed by atoms with Gasteiger partial charge in [0.1, 0.15) is 0 Å². The van der Waals surface area contributed by atoms with E-state index < -0.39 is 0 Å². The van der Waals surface area contributed by atoms with E-state index >= 15 is 0 Å². The third kappa shape index (κ3) is 2.33. The number of aromatic nitrogens is 1. The number of pyridine rings is 1. The highest BCUT2D eigenvalue weighted by atomic mass is 16.5. The minimum absolute atomic E-state index is 0.366. The molecule has 17 heavy (non-hydrogen) atoms.